The minimum absolute atomic E-state index is 0.0907. The van der Waals surface area contributed by atoms with Crippen LogP contribution in [0.25, 0.3) is 87.6 Å². The molecule has 0 spiro atoms. The molecule has 760 valence electrons. The van der Waals surface area contributed by atoms with E-state index in [1.807, 2.05) is 0 Å². The summed E-state index contributed by atoms with van der Waals surface area (Å²) < 4.78 is 232. The molecule has 28 nitrogen and oxygen atoms in total. The summed E-state index contributed by atoms with van der Waals surface area (Å²) in [5.41, 5.74) is 0.251. The van der Waals surface area contributed by atoms with E-state index in [0.29, 0.717) is 70.9 Å². The number of carbonyl (C=O) groups is 10. The molecule has 15 aromatic rings. The van der Waals surface area contributed by atoms with E-state index in [1.54, 1.807) is 97.1 Å². The van der Waals surface area contributed by atoms with Gasteiger partial charge in [0, 0.05) is 129 Å². The van der Waals surface area contributed by atoms with Crippen molar-refractivity contribution in [3.63, 3.8) is 0 Å². The monoisotopic (exact) mass is 2050 g/mol. The summed E-state index contributed by atoms with van der Waals surface area (Å²) in [6.07, 6.45) is -23.6. The topological polar surface area (TPSA) is 362 Å². The van der Waals surface area contributed by atoms with Crippen LogP contribution in [0.15, 0.2) is 267 Å². The number of hydrogen-bond donors (Lipinski definition) is 6. The van der Waals surface area contributed by atoms with Crippen LogP contribution in [0.5, 0.6) is 46.0 Å². The third-order valence-electron chi connectivity index (χ3n) is 26.1. The molecule has 13 aromatic carbocycles. The molecule has 4 fully saturated rings. The van der Waals surface area contributed by atoms with Gasteiger partial charge in [-0.1, -0.05) is 97.1 Å². The fourth-order valence-corrected chi connectivity index (χ4v) is 18.5. The van der Waals surface area contributed by atoms with Crippen molar-refractivity contribution in [2.24, 2.45) is 0 Å². The largest absolute Gasteiger partial charge is 0.457 e. The zero-order valence-corrected chi connectivity index (χ0v) is 77.8. The number of imide groups is 2. The second-order valence-electron chi connectivity index (χ2n) is 36.4. The van der Waals surface area contributed by atoms with Gasteiger partial charge in [-0.2, -0.15) is 52.7 Å². The van der Waals surface area contributed by atoms with Gasteiger partial charge in [0.1, 0.15) is 58.1 Å². The number of alkyl halides is 12. The minimum atomic E-state index is -6.30. The van der Waals surface area contributed by atoms with Crippen molar-refractivity contribution in [3.8, 4) is 90.5 Å². The molecule has 0 radical (unpaired) electrons. The van der Waals surface area contributed by atoms with Crippen LogP contribution in [0, 0.1) is 0 Å². The van der Waals surface area contributed by atoms with E-state index in [-0.39, 0.29) is 149 Å². The number of epoxide rings is 4. The molecule has 8 heterocycles. The van der Waals surface area contributed by atoms with Gasteiger partial charge < -0.3 is 69.8 Å². The first-order valence-corrected chi connectivity index (χ1v) is 46.9. The summed E-state index contributed by atoms with van der Waals surface area (Å²) in [6.45, 7) is 2.27. The van der Waals surface area contributed by atoms with E-state index in [4.69, 9.17) is 37.9 Å². The molecular weight excluding hydrogens is 1980 g/mol. The average Bonchev–Trinajstić information content (AvgIpc) is 1.64. The predicted molar refractivity (Wildman–Crippen MR) is 516 cm³/mol. The minimum Gasteiger partial charge on any atom is -0.457 e. The van der Waals surface area contributed by atoms with E-state index in [2.05, 4.69) is 31.2 Å². The number of rotatable bonds is 34. The quantitative estimate of drug-likeness (QED) is 0.00717. The Balaban J connectivity index is 0.881. The molecule has 6 unspecified atom stereocenters. The van der Waals surface area contributed by atoms with Crippen LogP contribution in [-0.2, 0) is 41.4 Å². The number of benzene rings is 13. The van der Waals surface area contributed by atoms with Crippen molar-refractivity contribution in [2.75, 3.05) is 52.6 Å². The normalized spacial score (nSPS) is 16.6. The maximum absolute atomic E-state index is 17.0. The number of carbonyl (C=O) groups excluding carboxylic acids is 10. The van der Waals surface area contributed by atoms with Crippen LogP contribution < -0.4 is 50.8 Å². The SMILES string of the molecule is O=C(NCC1CO1)c1cccc(-c2cccc(Oc3cc4c5c(cc(Oc6cccc(-c7cccc(C(=O)NCC8CO8)c7)c6)c6c7c(Oc8cccc(-c9cccc(C(=O)NCC%10CO%10)c9)c8)cc8c9c(cc(Oc%10cccc(-c%11cccc(C(=O)NCC%12CO%12)c%11)c%10)c(c3c56)c97)C(=O)N(C(Cc3ccncc3)C(=O)NC(C(F)(F)F)C(F)(F)F)C8=O)C(=O)N(C(Cc3ccncc3)C(=O)NC(C(F)(F)F)C(F)(F)F)C4=O)c2)c1. The first-order valence-electron chi connectivity index (χ1n) is 46.9. The number of pyridine rings is 2. The fourth-order valence-electron chi connectivity index (χ4n) is 18.5. The number of hydrogen-bond acceptors (Lipinski definition) is 20. The van der Waals surface area contributed by atoms with Gasteiger partial charge >= 0.3 is 24.7 Å². The van der Waals surface area contributed by atoms with Crippen molar-refractivity contribution >= 4 is 102 Å². The Morgan fingerprint density at radius 1 is 0.300 bits per heavy atom. The molecule has 150 heavy (non-hydrogen) atoms. The summed E-state index contributed by atoms with van der Waals surface area (Å²) in [6, 6.07) is 43.4. The smallest absolute Gasteiger partial charge is 0.417 e. The lowest BCUT2D eigenvalue weighted by molar-refractivity contribution is -0.259. The molecule has 6 aliphatic rings. The van der Waals surface area contributed by atoms with E-state index in [0.717, 1.165) is 59.7 Å². The van der Waals surface area contributed by atoms with Crippen molar-refractivity contribution in [2.45, 2.75) is 86.1 Å². The summed E-state index contributed by atoms with van der Waals surface area (Å²) in [7, 11) is 0. The van der Waals surface area contributed by atoms with Gasteiger partial charge in [-0.15, -0.1) is 0 Å². The Morgan fingerprint density at radius 3 is 0.740 bits per heavy atom. The van der Waals surface area contributed by atoms with Gasteiger partial charge in [-0.25, -0.2) is 0 Å². The lowest BCUT2D eigenvalue weighted by atomic mass is 9.80. The van der Waals surface area contributed by atoms with Gasteiger partial charge in [0.25, 0.3) is 47.3 Å². The Bertz CT molecular complexity index is 7170. The van der Waals surface area contributed by atoms with Crippen molar-refractivity contribution in [1.29, 1.82) is 0 Å². The molecule has 21 rings (SSSR count). The Labute approximate surface area is 840 Å². The maximum atomic E-state index is 17.0. The zero-order valence-electron chi connectivity index (χ0n) is 77.8. The number of nitrogens with zero attached hydrogens (tertiary/aromatic N) is 4. The number of amides is 10. The maximum Gasteiger partial charge on any atom is 0.417 e. The molecule has 6 aliphatic heterocycles. The third kappa shape index (κ3) is 20.6. The summed E-state index contributed by atoms with van der Waals surface area (Å²) in [5.74, 6) is -15.9. The van der Waals surface area contributed by atoms with Crippen molar-refractivity contribution in [3.05, 3.63) is 323 Å². The van der Waals surface area contributed by atoms with Gasteiger partial charge in [-0.05, 0) is 201 Å². The molecular formula is C110H78F12N10O18. The highest BCUT2D eigenvalue weighted by Crippen LogP contribution is 2.59. The van der Waals surface area contributed by atoms with Crippen molar-refractivity contribution < 1.29 is 139 Å². The van der Waals surface area contributed by atoms with Crippen LogP contribution >= 0.6 is 0 Å². The van der Waals surface area contributed by atoms with Gasteiger partial charge in [-0.3, -0.25) is 67.7 Å². The van der Waals surface area contributed by atoms with Gasteiger partial charge in [0.15, 0.2) is 0 Å². The fraction of sp³-hybridized carbons (Fsp3) is 0.200. The molecule has 0 bridgehead atoms. The van der Waals surface area contributed by atoms with E-state index < -0.39 is 177 Å². The van der Waals surface area contributed by atoms with Crippen LogP contribution in [0.4, 0.5) is 52.7 Å². The lowest BCUT2D eigenvalue weighted by Gasteiger charge is -2.36. The first kappa shape index (κ1) is 98.8. The standard InChI is InChI=1S/C110H78F12N10O18/c111-107(112,113)105(108(114,115)116)129-99(137)81(33-55-25-29-123-30-26-55)131-101(139)77-43-83(147-69-21-5-13-61(39-69)57-9-1-17-65(35-57)95(133)125-47-73-51-143-73)89-90-84(148-70-22-6-14-62(40-70)58-10-2-18-66(36-58)96(134)126-48-74-52-144-74)44-79-88-80(104(142)132(103(79)141)82(34-56-27-31-124-32-28-56)100(138)130-106(109(117,118)119)110(120,121)122)46-86(150-72-24-8-16-64(42-72)60-12-4-20-68(38-60)98(136)128-50-76-54-146-76)92(94(88)90)91-85(45-78(102(131)140)87(77)93(89)91)149-71-23-7-15-63(41-71)59-11-3-19-67(37-59)97(135)127-49-75-53-145-75/h1-32,35-46,73-76,81-82,105-106H,33-34,47-54H2,(H,125,133)(H,126,134)(H,127,135)(H,128,136)(H,129,137)(H,130,138). The Morgan fingerprint density at radius 2 is 0.520 bits per heavy atom. The third-order valence-corrected chi connectivity index (χ3v) is 26.1. The second kappa shape index (κ2) is 39.5. The summed E-state index contributed by atoms with van der Waals surface area (Å²) >= 11 is 0. The van der Waals surface area contributed by atoms with E-state index in [9.17, 15) is 19.2 Å². The molecule has 2 aromatic heterocycles. The van der Waals surface area contributed by atoms with E-state index >= 15 is 81.5 Å². The second-order valence-corrected chi connectivity index (χ2v) is 36.4. The summed E-state index contributed by atoms with van der Waals surface area (Å²) in [5, 5.41) is 10.2. The number of nitrogens with one attached hydrogen (secondary N) is 6. The highest BCUT2D eigenvalue weighted by molar-refractivity contribution is 6.45. The number of aromatic nitrogens is 2. The average molecular weight is 2060 g/mol. The molecule has 40 heteroatoms. The molecule has 10 amide bonds. The van der Waals surface area contributed by atoms with Gasteiger partial charge in [0.2, 0.25) is 23.9 Å². The number of ether oxygens (including phenoxy) is 8. The van der Waals surface area contributed by atoms with Crippen LogP contribution in [0.1, 0.15) is 94.0 Å². The van der Waals surface area contributed by atoms with Crippen LogP contribution in [0.3, 0.4) is 0 Å². The van der Waals surface area contributed by atoms with Gasteiger partial charge in [0.05, 0.1) is 73.1 Å². The molecule has 6 atom stereocenters. The van der Waals surface area contributed by atoms with E-state index in [1.165, 1.54) is 121 Å². The Kier molecular flexibility index (Phi) is 26.0. The molecule has 6 N–H and O–H groups in total. The first-order chi connectivity index (χ1) is 72.0. The van der Waals surface area contributed by atoms with Crippen molar-refractivity contribution in [1.82, 2.24) is 51.7 Å². The highest BCUT2D eigenvalue weighted by Gasteiger charge is 2.61. The Hall–Kier alpha value is -17.2. The lowest BCUT2D eigenvalue weighted by Crippen LogP contribution is -2.61. The molecule has 0 aliphatic carbocycles. The highest BCUT2D eigenvalue weighted by atomic mass is 19.4. The predicted octanol–water partition coefficient (Wildman–Crippen LogP) is 18.5. The number of halogens is 12. The molecule has 4 saturated heterocycles. The number of fused-ring (bicyclic) bond motifs is 2. The van der Waals surface area contributed by atoms with Crippen LogP contribution in [0.2, 0.25) is 0 Å². The summed E-state index contributed by atoms with van der Waals surface area (Å²) in [4.78, 5) is 163. The van der Waals surface area contributed by atoms with Crippen LogP contribution in [-0.4, -0.2) is 205 Å². The zero-order chi connectivity index (χ0) is 105. The molecule has 0 saturated carbocycles.